The lowest BCUT2D eigenvalue weighted by atomic mass is 10.0. The maximum absolute atomic E-state index is 9.62. The van der Waals surface area contributed by atoms with Crippen molar-refractivity contribution >= 4 is 0 Å². The minimum Gasteiger partial charge on any atom is -0.393 e. The van der Waals surface area contributed by atoms with Gasteiger partial charge in [-0.15, -0.1) is 0 Å². The maximum Gasteiger partial charge on any atom is 0.0540 e. The highest BCUT2D eigenvalue weighted by molar-refractivity contribution is 4.56. The number of hydrogen-bond donors (Lipinski definition) is 2. The van der Waals surface area contributed by atoms with Gasteiger partial charge in [-0.25, -0.2) is 0 Å². The van der Waals surface area contributed by atoms with E-state index in [1.54, 1.807) is 0 Å². The Morgan fingerprint density at radius 1 is 0.929 bits per heavy atom. The smallest absolute Gasteiger partial charge is 0.0540 e. The van der Waals surface area contributed by atoms with Crippen LogP contribution < -0.4 is 5.73 Å². The van der Waals surface area contributed by atoms with Gasteiger partial charge in [-0.1, -0.05) is 45.4 Å². The molecule has 2 nitrogen and oxygen atoms in total. The Morgan fingerprint density at radius 3 is 2.00 bits per heavy atom. The monoisotopic (exact) mass is 201 g/mol. The molecular formula is C12H27NO. The van der Waals surface area contributed by atoms with Gasteiger partial charge in [-0.3, -0.25) is 0 Å². The van der Waals surface area contributed by atoms with Gasteiger partial charge in [0.2, 0.25) is 0 Å². The number of hydrogen-bond acceptors (Lipinski definition) is 2. The van der Waals surface area contributed by atoms with E-state index in [4.69, 9.17) is 5.73 Å². The molecule has 1 unspecified atom stereocenters. The molecule has 0 fully saturated rings. The van der Waals surface area contributed by atoms with Gasteiger partial charge >= 0.3 is 0 Å². The summed E-state index contributed by atoms with van der Waals surface area (Å²) in [6.45, 7) is 3.00. The van der Waals surface area contributed by atoms with Gasteiger partial charge in [0.25, 0.3) is 0 Å². The Balaban J connectivity index is 3.07. The van der Waals surface area contributed by atoms with Crippen LogP contribution >= 0.6 is 0 Å². The molecule has 0 aliphatic carbocycles. The summed E-state index contributed by atoms with van der Waals surface area (Å²) in [5.74, 6) is 0. The first kappa shape index (κ1) is 13.9. The maximum atomic E-state index is 9.62. The number of rotatable bonds is 10. The molecule has 0 bridgehead atoms. The summed E-state index contributed by atoms with van der Waals surface area (Å²) in [6.07, 6.45) is 10.3. The van der Waals surface area contributed by atoms with Crippen LogP contribution in [0.3, 0.4) is 0 Å². The van der Waals surface area contributed by atoms with Crippen molar-refractivity contribution in [3.05, 3.63) is 0 Å². The molecule has 0 aromatic rings. The minimum atomic E-state index is -0.0652. The van der Waals surface area contributed by atoms with E-state index >= 15 is 0 Å². The molecule has 3 N–H and O–H groups in total. The van der Waals surface area contributed by atoms with Crippen LogP contribution in [0.2, 0.25) is 0 Å². The zero-order valence-electron chi connectivity index (χ0n) is 9.67. The van der Waals surface area contributed by atoms with Crippen molar-refractivity contribution in [3.63, 3.8) is 0 Å². The molecular weight excluding hydrogens is 174 g/mol. The number of nitrogens with two attached hydrogens (primary N) is 1. The number of aliphatic hydroxyl groups is 1. The van der Waals surface area contributed by atoms with E-state index in [9.17, 15) is 5.11 Å². The Labute approximate surface area is 88.9 Å². The highest BCUT2D eigenvalue weighted by atomic mass is 16.3. The summed E-state index contributed by atoms with van der Waals surface area (Å²) < 4.78 is 0. The third-order valence-corrected chi connectivity index (χ3v) is 2.63. The second-order valence-corrected chi connectivity index (χ2v) is 4.14. The molecule has 0 aromatic heterocycles. The Hall–Kier alpha value is -0.0800. The van der Waals surface area contributed by atoms with Crippen LogP contribution in [-0.2, 0) is 0 Å². The Kier molecular flexibility index (Phi) is 10.9. The normalized spacial score (nSPS) is 13.1. The molecule has 0 aliphatic rings. The fourth-order valence-corrected chi connectivity index (χ4v) is 1.65. The van der Waals surface area contributed by atoms with Gasteiger partial charge < -0.3 is 10.8 Å². The molecule has 0 saturated heterocycles. The molecule has 1 atom stereocenters. The van der Waals surface area contributed by atoms with Crippen LogP contribution in [-0.4, -0.2) is 17.8 Å². The molecule has 0 rings (SSSR count). The first-order chi connectivity index (χ1) is 6.81. The van der Waals surface area contributed by atoms with Crippen LogP contribution in [0.5, 0.6) is 0 Å². The van der Waals surface area contributed by atoms with E-state index in [1.165, 1.54) is 32.1 Å². The molecule has 0 aliphatic heterocycles. The summed E-state index contributed by atoms with van der Waals surface area (Å²) in [5, 5.41) is 9.62. The van der Waals surface area contributed by atoms with Crippen LogP contribution in [0.4, 0.5) is 0 Å². The standard InChI is InChI=1S/C12H27NO/c1-2-3-4-6-9-12(14)10-7-5-8-11-13/h12,14H,2-11,13H2,1H3. The van der Waals surface area contributed by atoms with Gasteiger partial charge in [-0.2, -0.15) is 0 Å². The highest BCUT2D eigenvalue weighted by Crippen LogP contribution is 2.11. The van der Waals surface area contributed by atoms with Crippen molar-refractivity contribution in [2.75, 3.05) is 6.54 Å². The molecule has 0 heterocycles. The third-order valence-electron chi connectivity index (χ3n) is 2.63. The van der Waals surface area contributed by atoms with Crippen molar-refractivity contribution < 1.29 is 5.11 Å². The fraction of sp³-hybridized carbons (Fsp3) is 1.00. The van der Waals surface area contributed by atoms with Crippen LogP contribution in [0.1, 0.15) is 64.7 Å². The van der Waals surface area contributed by atoms with Crippen molar-refractivity contribution in [1.29, 1.82) is 0 Å². The topological polar surface area (TPSA) is 46.2 Å². The highest BCUT2D eigenvalue weighted by Gasteiger charge is 2.02. The van der Waals surface area contributed by atoms with Crippen molar-refractivity contribution in [2.24, 2.45) is 5.73 Å². The summed E-state index contributed by atoms with van der Waals surface area (Å²) in [6, 6.07) is 0. The Bertz CT molecular complexity index is 94.5. The zero-order chi connectivity index (χ0) is 10.6. The van der Waals surface area contributed by atoms with E-state index in [2.05, 4.69) is 6.92 Å². The molecule has 0 radical (unpaired) electrons. The SMILES string of the molecule is CCCCCCC(O)CCCCCN. The average Bonchev–Trinajstić information content (AvgIpc) is 2.19. The van der Waals surface area contributed by atoms with Crippen molar-refractivity contribution in [3.8, 4) is 0 Å². The lowest BCUT2D eigenvalue weighted by molar-refractivity contribution is 0.147. The molecule has 2 heteroatoms. The van der Waals surface area contributed by atoms with Gasteiger partial charge in [0, 0.05) is 0 Å². The molecule has 14 heavy (non-hydrogen) atoms. The van der Waals surface area contributed by atoms with Crippen molar-refractivity contribution in [2.45, 2.75) is 70.8 Å². The quantitative estimate of drug-likeness (QED) is 0.534. The van der Waals surface area contributed by atoms with Crippen LogP contribution in [0.25, 0.3) is 0 Å². The average molecular weight is 201 g/mol. The molecule has 86 valence electrons. The summed E-state index contributed by atoms with van der Waals surface area (Å²) in [7, 11) is 0. The van der Waals surface area contributed by atoms with E-state index in [0.717, 1.165) is 32.2 Å². The number of aliphatic hydroxyl groups excluding tert-OH is 1. The second kappa shape index (κ2) is 11.0. The second-order valence-electron chi connectivity index (χ2n) is 4.14. The van der Waals surface area contributed by atoms with Gasteiger partial charge in [0.05, 0.1) is 6.10 Å². The lowest BCUT2D eigenvalue weighted by Gasteiger charge is -2.09. The van der Waals surface area contributed by atoms with E-state index in [1.807, 2.05) is 0 Å². The van der Waals surface area contributed by atoms with Gasteiger partial charge in [-0.05, 0) is 25.8 Å². The summed E-state index contributed by atoms with van der Waals surface area (Å²) >= 11 is 0. The fourth-order valence-electron chi connectivity index (χ4n) is 1.65. The van der Waals surface area contributed by atoms with Crippen molar-refractivity contribution in [1.82, 2.24) is 0 Å². The first-order valence-electron chi connectivity index (χ1n) is 6.19. The van der Waals surface area contributed by atoms with E-state index < -0.39 is 0 Å². The molecule has 0 saturated carbocycles. The third kappa shape index (κ3) is 10.0. The predicted octanol–water partition coefficient (Wildman–Crippen LogP) is 2.84. The van der Waals surface area contributed by atoms with Crippen LogP contribution in [0, 0.1) is 0 Å². The van der Waals surface area contributed by atoms with Gasteiger partial charge in [0.1, 0.15) is 0 Å². The Morgan fingerprint density at radius 2 is 1.50 bits per heavy atom. The van der Waals surface area contributed by atoms with E-state index in [0.29, 0.717) is 0 Å². The zero-order valence-corrected chi connectivity index (χ0v) is 9.67. The summed E-state index contributed by atoms with van der Waals surface area (Å²) in [4.78, 5) is 0. The minimum absolute atomic E-state index is 0.0652. The molecule has 0 amide bonds. The van der Waals surface area contributed by atoms with E-state index in [-0.39, 0.29) is 6.10 Å². The number of unbranched alkanes of at least 4 members (excludes halogenated alkanes) is 5. The largest absolute Gasteiger partial charge is 0.393 e. The predicted molar refractivity (Wildman–Crippen MR) is 62.3 cm³/mol. The van der Waals surface area contributed by atoms with Gasteiger partial charge in [0.15, 0.2) is 0 Å². The molecule has 0 aromatic carbocycles. The molecule has 0 spiro atoms. The van der Waals surface area contributed by atoms with Crippen LogP contribution in [0.15, 0.2) is 0 Å². The summed E-state index contributed by atoms with van der Waals surface area (Å²) in [5.41, 5.74) is 5.40. The first-order valence-corrected chi connectivity index (χ1v) is 6.19. The lowest BCUT2D eigenvalue weighted by Crippen LogP contribution is -2.06.